The Labute approximate surface area is 113 Å². The molecule has 1 N–H and O–H groups in total. The smallest absolute Gasteiger partial charge is 0.0309 e. The summed E-state index contributed by atoms with van der Waals surface area (Å²) in [6.45, 7) is 6.93. The van der Waals surface area contributed by atoms with Crippen molar-refractivity contribution in [2.24, 2.45) is 0 Å². The number of hydrogen-bond donors (Lipinski definition) is 1. The van der Waals surface area contributed by atoms with Crippen LogP contribution in [0, 0.1) is 12.3 Å². The van der Waals surface area contributed by atoms with Crippen LogP contribution in [0.15, 0.2) is 0 Å². The van der Waals surface area contributed by atoms with E-state index < -0.39 is 0 Å². The number of piperazine rings is 1. The first-order chi connectivity index (χ1) is 8.71. The van der Waals surface area contributed by atoms with Gasteiger partial charge >= 0.3 is 0 Å². The van der Waals surface area contributed by atoms with Crippen LogP contribution in [0.5, 0.6) is 0 Å². The topological polar surface area (TPSA) is 15.3 Å². The molecule has 1 spiro atoms. The molecule has 2 fully saturated rings. The lowest BCUT2D eigenvalue weighted by Gasteiger charge is -2.51. The minimum absolute atomic E-state index is 0.396. The van der Waals surface area contributed by atoms with Crippen molar-refractivity contribution >= 4 is 0 Å². The predicted molar refractivity (Wildman–Crippen MR) is 77.5 cm³/mol. The van der Waals surface area contributed by atoms with E-state index in [9.17, 15) is 0 Å². The van der Waals surface area contributed by atoms with Gasteiger partial charge in [0.25, 0.3) is 0 Å². The average Bonchev–Trinajstić information content (AvgIpc) is 2.40. The normalized spacial score (nSPS) is 29.9. The van der Waals surface area contributed by atoms with Gasteiger partial charge in [0.1, 0.15) is 0 Å². The molecule has 1 aliphatic carbocycles. The molecule has 18 heavy (non-hydrogen) atoms. The average molecular weight is 248 g/mol. The lowest BCUT2D eigenvalue weighted by Crippen LogP contribution is -2.65. The minimum atomic E-state index is 0.396. The van der Waals surface area contributed by atoms with Crippen LogP contribution in [0.2, 0.25) is 0 Å². The summed E-state index contributed by atoms with van der Waals surface area (Å²) < 4.78 is 0. The van der Waals surface area contributed by atoms with Crippen LogP contribution in [0.4, 0.5) is 0 Å². The van der Waals surface area contributed by atoms with E-state index in [0.29, 0.717) is 17.6 Å². The van der Waals surface area contributed by atoms with Gasteiger partial charge < -0.3 is 5.32 Å². The monoisotopic (exact) mass is 248 g/mol. The molecule has 0 aromatic rings. The van der Waals surface area contributed by atoms with Crippen molar-refractivity contribution in [3.63, 3.8) is 0 Å². The van der Waals surface area contributed by atoms with E-state index in [0.717, 1.165) is 13.0 Å². The van der Waals surface area contributed by atoms with Crippen LogP contribution in [0.1, 0.15) is 58.8 Å². The Bertz CT molecular complexity index is 299. The van der Waals surface area contributed by atoms with Gasteiger partial charge in [-0.25, -0.2) is 0 Å². The van der Waals surface area contributed by atoms with Crippen molar-refractivity contribution in [1.82, 2.24) is 10.2 Å². The van der Waals surface area contributed by atoms with Crippen LogP contribution in [-0.4, -0.2) is 35.6 Å². The molecule has 2 nitrogen and oxygen atoms in total. The quantitative estimate of drug-likeness (QED) is 0.773. The lowest BCUT2D eigenvalue weighted by atomic mass is 9.79. The zero-order valence-corrected chi connectivity index (χ0v) is 12.0. The van der Waals surface area contributed by atoms with E-state index in [1.807, 2.05) is 0 Å². The summed E-state index contributed by atoms with van der Waals surface area (Å²) in [5.41, 5.74) is 0.396. The molecule has 0 amide bonds. The second kappa shape index (κ2) is 6.08. The molecule has 2 unspecified atom stereocenters. The van der Waals surface area contributed by atoms with Gasteiger partial charge in [0, 0.05) is 37.1 Å². The van der Waals surface area contributed by atoms with Gasteiger partial charge in [-0.3, -0.25) is 4.90 Å². The molecule has 1 aliphatic heterocycles. The van der Waals surface area contributed by atoms with Crippen molar-refractivity contribution in [3.8, 4) is 12.3 Å². The largest absolute Gasteiger partial charge is 0.308 e. The molecular formula is C16H28N2. The standard InChI is InChI=1S/C16H28N2/c1-4-9-15(5-2)18-13-16(17-12-14(18)3)10-7-6-8-11-16/h1,14-15,17H,5-13H2,2-3H3. The summed E-state index contributed by atoms with van der Waals surface area (Å²) in [6, 6.07) is 1.20. The van der Waals surface area contributed by atoms with Gasteiger partial charge in [0.2, 0.25) is 0 Å². The van der Waals surface area contributed by atoms with Gasteiger partial charge in [-0.2, -0.15) is 0 Å². The molecule has 0 aromatic carbocycles. The highest BCUT2D eigenvalue weighted by molar-refractivity contribution is 5.02. The second-order valence-electron chi connectivity index (χ2n) is 6.21. The van der Waals surface area contributed by atoms with E-state index in [-0.39, 0.29) is 0 Å². The molecule has 2 heteroatoms. The van der Waals surface area contributed by atoms with Gasteiger partial charge in [0.15, 0.2) is 0 Å². The molecule has 2 atom stereocenters. The molecule has 0 aromatic heterocycles. The predicted octanol–water partition coefficient (Wildman–Crippen LogP) is 2.78. The van der Waals surface area contributed by atoms with Gasteiger partial charge in [-0.1, -0.05) is 26.2 Å². The molecule has 1 saturated heterocycles. The Hall–Kier alpha value is -0.520. The first-order valence-corrected chi connectivity index (χ1v) is 7.65. The fraction of sp³-hybridized carbons (Fsp3) is 0.875. The Kier molecular flexibility index (Phi) is 4.70. The maximum atomic E-state index is 5.53. The number of nitrogens with zero attached hydrogens (tertiary/aromatic N) is 1. The molecule has 1 saturated carbocycles. The first kappa shape index (κ1) is 13.9. The SMILES string of the molecule is C#CCC(CC)N1CC2(CCCCC2)NCC1C. The highest BCUT2D eigenvalue weighted by Crippen LogP contribution is 2.33. The summed E-state index contributed by atoms with van der Waals surface area (Å²) in [4.78, 5) is 2.68. The number of nitrogens with one attached hydrogen (secondary N) is 1. The fourth-order valence-electron chi connectivity index (χ4n) is 3.73. The van der Waals surface area contributed by atoms with Crippen LogP contribution in [-0.2, 0) is 0 Å². The molecule has 0 radical (unpaired) electrons. The molecule has 2 aliphatic rings. The van der Waals surface area contributed by atoms with Crippen molar-refractivity contribution in [2.45, 2.75) is 76.4 Å². The van der Waals surface area contributed by atoms with E-state index in [1.54, 1.807) is 0 Å². The van der Waals surface area contributed by atoms with E-state index >= 15 is 0 Å². The number of terminal acetylenes is 1. The fourth-order valence-corrected chi connectivity index (χ4v) is 3.73. The maximum absolute atomic E-state index is 5.53. The third-order valence-corrected chi connectivity index (χ3v) is 4.93. The van der Waals surface area contributed by atoms with Crippen LogP contribution >= 0.6 is 0 Å². The van der Waals surface area contributed by atoms with E-state index in [4.69, 9.17) is 6.42 Å². The lowest BCUT2D eigenvalue weighted by molar-refractivity contribution is 0.0308. The summed E-state index contributed by atoms with van der Waals surface area (Å²) in [5, 5.41) is 3.84. The Morgan fingerprint density at radius 2 is 2.11 bits per heavy atom. The maximum Gasteiger partial charge on any atom is 0.0309 e. The summed E-state index contributed by atoms with van der Waals surface area (Å²) in [6.07, 6.45) is 14.5. The molecule has 2 rings (SSSR count). The third-order valence-electron chi connectivity index (χ3n) is 4.93. The summed E-state index contributed by atoms with van der Waals surface area (Å²) >= 11 is 0. The van der Waals surface area contributed by atoms with E-state index in [2.05, 4.69) is 30.0 Å². The van der Waals surface area contributed by atoms with Crippen LogP contribution in [0.3, 0.4) is 0 Å². The second-order valence-corrected chi connectivity index (χ2v) is 6.21. The molecule has 1 heterocycles. The van der Waals surface area contributed by atoms with Gasteiger partial charge in [0.05, 0.1) is 0 Å². The Balaban J connectivity index is 2.06. The van der Waals surface area contributed by atoms with Crippen molar-refractivity contribution in [3.05, 3.63) is 0 Å². The van der Waals surface area contributed by atoms with Crippen molar-refractivity contribution < 1.29 is 0 Å². The van der Waals surface area contributed by atoms with Crippen LogP contribution in [0.25, 0.3) is 0 Å². The number of hydrogen-bond acceptors (Lipinski definition) is 2. The highest BCUT2D eigenvalue weighted by Gasteiger charge is 2.40. The zero-order chi connectivity index (χ0) is 13.0. The molecular weight excluding hydrogens is 220 g/mol. The minimum Gasteiger partial charge on any atom is -0.308 e. The van der Waals surface area contributed by atoms with Crippen molar-refractivity contribution in [1.29, 1.82) is 0 Å². The summed E-state index contributed by atoms with van der Waals surface area (Å²) in [5.74, 6) is 2.87. The number of rotatable bonds is 3. The Morgan fingerprint density at radius 3 is 2.72 bits per heavy atom. The van der Waals surface area contributed by atoms with Crippen molar-refractivity contribution in [2.75, 3.05) is 13.1 Å². The highest BCUT2D eigenvalue weighted by atomic mass is 15.3. The zero-order valence-electron chi connectivity index (χ0n) is 12.0. The Morgan fingerprint density at radius 1 is 1.39 bits per heavy atom. The van der Waals surface area contributed by atoms with Gasteiger partial charge in [-0.15, -0.1) is 12.3 Å². The first-order valence-electron chi connectivity index (χ1n) is 7.65. The third kappa shape index (κ3) is 2.90. The molecule has 102 valence electrons. The van der Waals surface area contributed by atoms with Gasteiger partial charge in [-0.05, 0) is 26.2 Å². The molecule has 0 bridgehead atoms. The van der Waals surface area contributed by atoms with E-state index in [1.165, 1.54) is 45.1 Å². The summed E-state index contributed by atoms with van der Waals surface area (Å²) in [7, 11) is 0. The van der Waals surface area contributed by atoms with Crippen LogP contribution < -0.4 is 5.32 Å².